The highest BCUT2D eigenvalue weighted by Crippen LogP contribution is 2.35. The van der Waals surface area contributed by atoms with Gasteiger partial charge in [0, 0.05) is 16.0 Å². The van der Waals surface area contributed by atoms with Crippen molar-refractivity contribution in [1.82, 2.24) is 4.98 Å². The van der Waals surface area contributed by atoms with E-state index in [4.69, 9.17) is 21.1 Å². The summed E-state index contributed by atoms with van der Waals surface area (Å²) in [6.07, 6.45) is 0. The molecule has 1 heterocycles. The Balaban J connectivity index is 1.84. The van der Waals surface area contributed by atoms with E-state index in [9.17, 15) is 4.79 Å². The minimum absolute atomic E-state index is 0.0965. The van der Waals surface area contributed by atoms with Gasteiger partial charge in [-0.25, -0.2) is 4.98 Å². The van der Waals surface area contributed by atoms with Crippen molar-refractivity contribution >= 4 is 34.0 Å². The van der Waals surface area contributed by atoms with Crippen molar-refractivity contribution in [2.75, 3.05) is 19.5 Å². The molecule has 1 amide bonds. The first-order chi connectivity index (χ1) is 13.9. The van der Waals surface area contributed by atoms with Crippen LogP contribution in [0.2, 0.25) is 5.02 Å². The van der Waals surface area contributed by atoms with Gasteiger partial charge in [0.25, 0.3) is 0 Å². The first-order valence-corrected chi connectivity index (χ1v) is 10.4. The number of benzene rings is 2. The molecule has 0 spiro atoms. The highest BCUT2D eigenvalue weighted by molar-refractivity contribution is 7.14. The summed E-state index contributed by atoms with van der Waals surface area (Å²) in [4.78, 5) is 17.6. The summed E-state index contributed by atoms with van der Waals surface area (Å²) in [5.41, 5.74) is 2.45. The lowest BCUT2D eigenvalue weighted by Gasteiger charge is -2.20. The van der Waals surface area contributed by atoms with E-state index in [2.05, 4.69) is 10.3 Å². The quantitative estimate of drug-likeness (QED) is 0.510. The summed E-state index contributed by atoms with van der Waals surface area (Å²) < 4.78 is 10.7. The summed E-state index contributed by atoms with van der Waals surface area (Å²) >= 11 is 7.36. The molecular formula is C22H23ClN2O3S. The number of halogens is 1. The molecule has 0 unspecified atom stereocenters. The number of hydrogen-bond acceptors (Lipinski definition) is 5. The second kappa shape index (κ2) is 9.29. The number of carbonyl (C=O) groups is 1. The van der Waals surface area contributed by atoms with E-state index in [1.54, 1.807) is 26.4 Å². The van der Waals surface area contributed by atoms with E-state index in [1.807, 2.05) is 49.6 Å². The van der Waals surface area contributed by atoms with Gasteiger partial charge in [0.15, 0.2) is 5.13 Å². The van der Waals surface area contributed by atoms with E-state index in [0.29, 0.717) is 27.3 Å². The molecule has 2 aromatic carbocycles. The van der Waals surface area contributed by atoms with E-state index in [0.717, 1.165) is 11.1 Å². The number of nitrogens with zero attached hydrogens (tertiary/aromatic N) is 1. The maximum atomic E-state index is 13.0. The lowest BCUT2D eigenvalue weighted by molar-refractivity contribution is -0.118. The molecule has 0 fully saturated rings. The van der Waals surface area contributed by atoms with Crippen molar-refractivity contribution in [2.45, 2.75) is 19.8 Å². The van der Waals surface area contributed by atoms with Crippen molar-refractivity contribution in [3.63, 3.8) is 0 Å². The molecule has 0 bridgehead atoms. The largest absolute Gasteiger partial charge is 0.497 e. The van der Waals surface area contributed by atoms with E-state index < -0.39 is 0 Å². The van der Waals surface area contributed by atoms with Crippen LogP contribution in [0.4, 0.5) is 5.13 Å². The molecule has 1 N–H and O–H groups in total. The summed E-state index contributed by atoms with van der Waals surface area (Å²) in [7, 11) is 3.22. The molecule has 1 aromatic heterocycles. The van der Waals surface area contributed by atoms with Crippen LogP contribution in [0.3, 0.4) is 0 Å². The van der Waals surface area contributed by atoms with E-state index in [-0.39, 0.29) is 17.7 Å². The highest BCUT2D eigenvalue weighted by atomic mass is 35.5. The third-order valence-corrected chi connectivity index (χ3v) is 5.60. The summed E-state index contributed by atoms with van der Waals surface area (Å²) in [5, 5.41) is 6.03. The molecule has 0 saturated heterocycles. The Morgan fingerprint density at radius 2 is 1.83 bits per heavy atom. The highest BCUT2D eigenvalue weighted by Gasteiger charge is 2.25. The van der Waals surface area contributed by atoms with Crippen molar-refractivity contribution in [2.24, 2.45) is 5.92 Å². The van der Waals surface area contributed by atoms with Gasteiger partial charge in [0.1, 0.15) is 11.5 Å². The van der Waals surface area contributed by atoms with Crippen LogP contribution in [-0.2, 0) is 4.79 Å². The maximum absolute atomic E-state index is 13.0. The molecule has 0 radical (unpaired) electrons. The molecule has 29 heavy (non-hydrogen) atoms. The first kappa shape index (κ1) is 21.1. The number of thiazole rings is 1. The SMILES string of the molecule is COc1ccc(OC)c(-c2csc(NC(=O)[C@@H](c3ccc(Cl)cc3)C(C)C)n2)c1. The topological polar surface area (TPSA) is 60.5 Å². The second-order valence-corrected chi connectivity index (χ2v) is 8.16. The van der Waals surface area contributed by atoms with Gasteiger partial charge in [-0.05, 0) is 41.8 Å². The normalized spacial score (nSPS) is 11.9. The van der Waals surface area contributed by atoms with Crippen LogP contribution in [0.1, 0.15) is 25.3 Å². The van der Waals surface area contributed by atoms with E-state index >= 15 is 0 Å². The fourth-order valence-electron chi connectivity index (χ4n) is 3.16. The van der Waals surface area contributed by atoms with Crippen LogP contribution in [-0.4, -0.2) is 25.1 Å². The smallest absolute Gasteiger partial charge is 0.233 e. The predicted molar refractivity (Wildman–Crippen MR) is 118 cm³/mol. The van der Waals surface area contributed by atoms with Crippen LogP contribution >= 0.6 is 22.9 Å². The third-order valence-electron chi connectivity index (χ3n) is 4.60. The molecule has 0 saturated carbocycles. The van der Waals surface area contributed by atoms with Crippen LogP contribution in [0.5, 0.6) is 11.5 Å². The Morgan fingerprint density at radius 3 is 2.45 bits per heavy atom. The van der Waals surface area contributed by atoms with E-state index in [1.165, 1.54) is 11.3 Å². The molecule has 152 valence electrons. The Bertz CT molecular complexity index is 986. The minimum Gasteiger partial charge on any atom is -0.497 e. The van der Waals surface area contributed by atoms with Gasteiger partial charge in [-0.15, -0.1) is 11.3 Å². The Labute approximate surface area is 179 Å². The number of rotatable bonds is 7. The molecule has 7 heteroatoms. The second-order valence-electron chi connectivity index (χ2n) is 6.87. The zero-order valence-corrected chi connectivity index (χ0v) is 18.3. The molecule has 5 nitrogen and oxygen atoms in total. The zero-order valence-electron chi connectivity index (χ0n) is 16.7. The van der Waals surface area contributed by atoms with Crippen molar-refractivity contribution < 1.29 is 14.3 Å². The molecule has 3 aromatic rings. The Hall–Kier alpha value is -2.57. The molecule has 0 aliphatic heterocycles. The summed E-state index contributed by atoms with van der Waals surface area (Å²) in [6.45, 7) is 4.04. The number of ether oxygens (including phenoxy) is 2. The number of amides is 1. The lowest BCUT2D eigenvalue weighted by Crippen LogP contribution is -2.25. The van der Waals surface area contributed by atoms with Crippen molar-refractivity contribution in [3.8, 4) is 22.8 Å². The Kier molecular flexibility index (Phi) is 6.77. The number of aromatic nitrogens is 1. The predicted octanol–water partition coefficient (Wildman–Crippen LogP) is 5.86. The van der Waals surface area contributed by atoms with Crippen LogP contribution in [0.25, 0.3) is 11.3 Å². The van der Waals surface area contributed by atoms with Crippen LogP contribution < -0.4 is 14.8 Å². The third kappa shape index (κ3) is 4.89. The standard InChI is InChI=1S/C22H23ClN2O3S/c1-13(2)20(14-5-7-15(23)8-6-14)21(26)25-22-24-18(12-29-22)17-11-16(27-3)9-10-19(17)28-4/h5-13,20H,1-4H3,(H,24,25,26)/t20-/m1/s1. The monoisotopic (exact) mass is 430 g/mol. The molecule has 0 aliphatic rings. The number of carbonyl (C=O) groups excluding carboxylic acids is 1. The maximum Gasteiger partial charge on any atom is 0.233 e. The zero-order chi connectivity index (χ0) is 21.0. The molecule has 0 aliphatic carbocycles. The van der Waals surface area contributed by atoms with Crippen molar-refractivity contribution in [1.29, 1.82) is 0 Å². The summed E-state index contributed by atoms with van der Waals surface area (Å²) in [6, 6.07) is 12.9. The fraction of sp³-hybridized carbons (Fsp3) is 0.273. The minimum atomic E-state index is -0.300. The van der Waals surface area contributed by atoms with Crippen LogP contribution in [0, 0.1) is 5.92 Å². The molecular weight excluding hydrogens is 408 g/mol. The molecule has 3 rings (SSSR count). The van der Waals surface area contributed by atoms with Gasteiger partial charge in [-0.2, -0.15) is 0 Å². The van der Waals surface area contributed by atoms with Gasteiger partial charge >= 0.3 is 0 Å². The number of anilines is 1. The lowest BCUT2D eigenvalue weighted by atomic mass is 9.88. The van der Waals surface area contributed by atoms with Crippen molar-refractivity contribution in [3.05, 3.63) is 58.4 Å². The summed E-state index contributed by atoms with van der Waals surface area (Å²) in [5.74, 6) is 1.12. The number of methoxy groups -OCH3 is 2. The fourth-order valence-corrected chi connectivity index (χ4v) is 4.00. The van der Waals surface area contributed by atoms with Gasteiger partial charge in [-0.3, -0.25) is 4.79 Å². The Morgan fingerprint density at radius 1 is 1.10 bits per heavy atom. The average Bonchev–Trinajstić information content (AvgIpc) is 3.17. The van der Waals surface area contributed by atoms with Gasteiger partial charge in [0.05, 0.1) is 25.8 Å². The van der Waals surface area contributed by atoms with Gasteiger partial charge in [-0.1, -0.05) is 37.6 Å². The van der Waals surface area contributed by atoms with Gasteiger partial charge < -0.3 is 14.8 Å². The van der Waals surface area contributed by atoms with Gasteiger partial charge in [0.2, 0.25) is 5.91 Å². The number of nitrogens with one attached hydrogen (secondary N) is 1. The average molecular weight is 431 g/mol. The number of hydrogen-bond donors (Lipinski definition) is 1. The molecule has 1 atom stereocenters. The van der Waals surface area contributed by atoms with Crippen LogP contribution in [0.15, 0.2) is 47.8 Å². The first-order valence-electron chi connectivity index (χ1n) is 9.17.